The zero-order valence-corrected chi connectivity index (χ0v) is 11.6. The number of rotatable bonds is 8. The van der Waals surface area contributed by atoms with Crippen LogP contribution in [0.2, 0.25) is 0 Å². The molecule has 0 aliphatic heterocycles. The minimum atomic E-state index is -0.645. The van der Waals surface area contributed by atoms with E-state index < -0.39 is 12.0 Å². The molecule has 5 heteroatoms. The van der Waals surface area contributed by atoms with Crippen LogP contribution < -0.4 is 5.32 Å². The van der Waals surface area contributed by atoms with Gasteiger partial charge in [-0.3, -0.25) is 4.79 Å². The summed E-state index contributed by atoms with van der Waals surface area (Å²) in [5.74, 6) is -0.325. The van der Waals surface area contributed by atoms with E-state index in [-0.39, 0.29) is 24.0 Å². The summed E-state index contributed by atoms with van der Waals surface area (Å²) in [5, 5.41) is 2.55. The van der Waals surface area contributed by atoms with Crippen LogP contribution in [0.5, 0.6) is 0 Å². The summed E-state index contributed by atoms with van der Waals surface area (Å²) >= 11 is 0. The first-order chi connectivity index (χ1) is 8.32. The van der Waals surface area contributed by atoms with Crippen LogP contribution in [0, 0.1) is 5.92 Å². The largest absolute Gasteiger partial charge is 0.464 e. The third kappa shape index (κ3) is 8.73. The SMILES string of the molecule is CC(=O)CCCC(=O)NC(C)C(=O)OCC(C)C. The lowest BCUT2D eigenvalue weighted by molar-refractivity contribution is -0.148. The lowest BCUT2D eigenvalue weighted by Gasteiger charge is -2.14. The number of Topliss-reactive ketones (excluding diaryl/α,β-unsaturated/α-hetero) is 1. The molecular weight excluding hydrogens is 234 g/mol. The van der Waals surface area contributed by atoms with E-state index in [1.165, 1.54) is 6.92 Å². The Hall–Kier alpha value is -1.39. The highest BCUT2D eigenvalue weighted by Gasteiger charge is 2.17. The van der Waals surface area contributed by atoms with Crippen molar-refractivity contribution in [3.63, 3.8) is 0 Å². The van der Waals surface area contributed by atoms with Gasteiger partial charge in [0.15, 0.2) is 0 Å². The van der Waals surface area contributed by atoms with Gasteiger partial charge in [0.1, 0.15) is 11.8 Å². The third-order valence-corrected chi connectivity index (χ3v) is 2.22. The molecule has 0 aromatic carbocycles. The van der Waals surface area contributed by atoms with Gasteiger partial charge in [0.2, 0.25) is 5.91 Å². The number of carbonyl (C=O) groups is 3. The Morgan fingerprint density at radius 3 is 2.22 bits per heavy atom. The predicted octanol–water partition coefficient (Wildman–Crippen LogP) is 1.45. The molecule has 1 atom stereocenters. The predicted molar refractivity (Wildman–Crippen MR) is 67.9 cm³/mol. The van der Waals surface area contributed by atoms with Gasteiger partial charge in [-0.1, -0.05) is 13.8 Å². The molecule has 0 heterocycles. The second kappa shape index (κ2) is 8.66. The van der Waals surface area contributed by atoms with E-state index in [1.807, 2.05) is 13.8 Å². The lowest BCUT2D eigenvalue weighted by atomic mass is 10.2. The summed E-state index contributed by atoms with van der Waals surface area (Å²) in [6, 6.07) is -0.645. The molecule has 0 bridgehead atoms. The van der Waals surface area contributed by atoms with Crippen molar-refractivity contribution in [1.82, 2.24) is 5.32 Å². The van der Waals surface area contributed by atoms with E-state index in [2.05, 4.69) is 5.32 Å². The van der Waals surface area contributed by atoms with E-state index in [1.54, 1.807) is 6.92 Å². The van der Waals surface area contributed by atoms with E-state index in [0.717, 1.165) is 0 Å². The van der Waals surface area contributed by atoms with E-state index in [4.69, 9.17) is 4.74 Å². The van der Waals surface area contributed by atoms with Crippen molar-refractivity contribution in [2.75, 3.05) is 6.61 Å². The van der Waals surface area contributed by atoms with Crippen molar-refractivity contribution in [1.29, 1.82) is 0 Å². The molecule has 0 spiro atoms. The van der Waals surface area contributed by atoms with E-state index in [0.29, 0.717) is 19.4 Å². The number of amides is 1. The first kappa shape index (κ1) is 16.6. The fourth-order valence-corrected chi connectivity index (χ4v) is 1.24. The second-order valence-electron chi connectivity index (χ2n) is 4.87. The molecule has 0 fully saturated rings. The lowest BCUT2D eigenvalue weighted by Crippen LogP contribution is -2.39. The minimum absolute atomic E-state index is 0.0622. The van der Waals surface area contributed by atoms with Gasteiger partial charge in [-0.25, -0.2) is 4.79 Å². The van der Waals surface area contributed by atoms with Gasteiger partial charge in [-0.05, 0) is 26.2 Å². The Bertz CT molecular complexity index is 299. The summed E-state index contributed by atoms with van der Waals surface area (Å²) < 4.78 is 5.00. The molecule has 104 valence electrons. The first-order valence-corrected chi connectivity index (χ1v) is 6.28. The van der Waals surface area contributed by atoms with Gasteiger partial charge in [0.25, 0.3) is 0 Å². The Labute approximate surface area is 108 Å². The van der Waals surface area contributed by atoms with Crippen LogP contribution in [0.3, 0.4) is 0 Å². The maximum atomic E-state index is 11.5. The molecule has 0 aliphatic carbocycles. The molecule has 0 aromatic rings. The van der Waals surface area contributed by atoms with Crippen molar-refractivity contribution in [3.8, 4) is 0 Å². The van der Waals surface area contributed by atoms with Gasteiger partial charge < -0.3 is 14.8 Å². The number of ketones is 1. The minimum Gasteiger partial charge on any atom is -0.464 e. The Balaban J connectivity index is 3.84. The Kier molecular flexibility index (Phi) is 8.00. The van der Waals surface area contributed by atoms with Gasteiger partial charge in [-0.15, -0.1) is 0 Å². The summed E-state index contributed by atoms with van der Waals surface area (Å²) in [7, 11) is 0. The van der Waals surface area contributed by atoms with Gasteiger partial charge >= 0.3 is 5.97 Å². The zero-order chi connectivity index (χ0) is 14.1. The molecule has 0 rings (SSSR count). The quantitative estimate of drug-likeness (QED) is 0.668. The normalized spacial score (nSPS) is 12.1. The highest BCUT2D eigenvalue weighted by molar-refractivity contribution is 5.84. The fraction of sp³-hybridized carbons (Fsp3) is 0.769. The molecule has 0 aliphatic rings. The van der Waals surface area contributed by atoms with Crippen LogP contribution in [-0.2, 0) is 19.1 Å². The average Bonchev–Trinajstić information content (AvgIpc) is 2.24. The number of carbonyl (C=O) groups excluding carboxylic acids is 3. The highest BCUT2D eigenvalue weighted by Crippen LogP contribution is 1.99. The molecule has 18 heavy (non-hydrogen) atoms. The fourth-order valence-electron chi connectivity index (χ4n) is 1.24. The molecule has 0 aromatic heterocycles. The van der Waals surface area contributed by atoms with Crippen molar-refractivity contribution in [2.45, 2.75) is 53.0 Å². The smallest absolute Gasteiger partial charge is 0.328 e. The average molecular weight is 257 g/mol. The molecular formula is C13H23NO4. The van der Waals surface area contributed by atoms with Crippen molar-refractivity contribution in [2.24, 2.45) is 5.92 Å². The zero-order valence-electron chi connectivity index (χ0n) is 11.6. The summed E-state index contributed by atoms with van der Waals surface area (Å²) in [6.45, 7) is 7.31. The number of hydrogen-bond acceptors (Lipinski definition) is 4. The maximum Gasteiger partial charge on any atom is 0.328 e. The standard InChI is InChI=1S/C13H23NO4/c1-9(2)8-18-13(17)11(4)14-12(16)7-5-6-10(3)15/h9,11H,5-8H2,1-4H3,(H,14,16). The molecule has 0 radical (unpaired) electrons. The number of nitrogens with one attached hydrogen (secondary N) is 1. The molecule has 0 saturated heterocycles. The van der Waals surface area contributed by atoms with Crippen LogP contribution in [0.1, 0.15) is 47.0 Å². The van der Waals surface area contributed by atoms with Gasteiger partial charge in [-0.2, -0.15) is 0 Å². The number of esters is 1. The highest BCUT2D eigenvalue weighted by atomic mass is 16.5. The summed E-state index contributed by atoms with van der Waals surface area (Å²) in [5.41, 5.74) is 0. The van der Waals surface area contributed by atoms with Crippen LogP contribution >= 0.6 is 0 Å². The van der Waals surface area contributed by atoms with Crippen molar-refractivity contribution in [3.05, 3.63) is 0 Å². The molecule has 5 nitrogen and oxygen atoms in total. The first-order valence-electron chi connectivity index (χ1n) is 6.28. The molecule has 1 N–H and O–H groups in total. The molecule has 1 amide bonds. The second-order valence-corrected chi connectivity index (χ2v) is 4.87. The van der Waals surface area contributed by atoms with Crippen molar-refractivity contribution < 1.29 is 19.1 Å². The van der Waals surface area contributed by atoms with Gasteiger partial charge in [0.05, 0.1) is 6.61 Å². The summed E-state index contributed by atoms with van der Waals surface area (Å²) in [6.07, 6.45) is 1.15. The van der Waals surface area contributed by atoms with E-state index >= 15 is 0 Å². The number of ether oxygens (including phenoxy) is 1. The van der Waals surface area contributed by atoms with Crippen LogP contribution in [0.15, 0.2) is 0 Å². The Morgan fingerprint density at radius 2 is 1.72 bits per heavy atom. The van der Waals surface area contributed by atoms with Crippen LogP contribution in [0.25, 0.3) is 0 Å². The molecule has 0 saturated carbocycles. The van der Waals surface area contributed by atoms with Crippen LogP contribution in [0.4, 0.5) is 0 Å². The third-order valence-electron chi connectivity index (χ3n) is 2.22. The number of hydrogen-bond donors (Lipinski definition) is 1. The van der Waals surface area contributed by atoms with E-state index in [9.17, 15) is 14.4 Å². The van der Waals surface area contributed by atoms with Gasteiger partial charge in [0, 0.05) is 12.8 Å². The van der Waals surface area contributed by atoms with Crippen LogP contribution in [-0.4, -0.2) is 30.3 Å². The summed E-state index contributed by atoms with van der Waals surface area (Å²) in [4.78, 5) is 33.6. The van der Waals surface area contributed by atoms with Crippen molar-refractivity contribution >= 4 is 17.7 Å². The Morgan fingerprint density at radius 1 is 1.11 bits per heavy atom. The maximum absolute atomic E-state index is 11.5. The monoisotopic (exact) mass is 257 g/mol. The topological polar surface area (TPSA) is 72.5 Å². The molecule has 1 unspecified atom stereocenters.